The third-order valence-corrected chi connectivity index (χ3v) is 14.8. The topological polar surface area (TPSA) is 102 Å². The third kappa shape index (κ3) is 11.4. The Balaban J connectivity index is 0.00000143. The van der Waals surface area contributed by atoms with Gasteiger partial charge in [-0.1, -0.05) is 241 Å². The SMILES string of the molecule is CC(=O)O.Cc1cc(C)cc([C@H](N=Cc2cc3ccccc3c(-c3c(-c4ccccc4)ccc4ccccc34)c2O)[C@@H](N=Cc2cc3ccccc3c(-c3c(-c4ccccc4)ccc4ccccc34)c2O)c2cc(C)cc(C)c2)c1.[Mn]. The Morgan fingerprint density at radius 2 is 0.679 bits per heavy atom. The quantitative estimate of drug-likeness (QED) is 0.0887. The summed E-state index contributed by atoms with van der Waals surface area (Å²) in [5.41, 5.74) is 15.2. The van der Waals surface area contributed by atoms with Crippen LogP contribution >= 0.6 is 0 Å². The number of carbonyl (C=O) groups is 1. The van der Waals surface area contributed by atoms with Crippen LogP contribution in [0.5, 0.6) is 11.5 Å². The van der Waals surface area contributed by atoms with Gasteiger partial charge in [-0.3, -0.25) is 14.8 Å². The molecule has 0 fully saturated rings. The number of aryl methyl sites for hydroxylation is 4. The van der Waals surface area contributed by atoms with E-state index in [1.54, 1.807) is 0 Å². The zero-order chi connectivity index (χ0) is 55.4. The predicted octanol–water partition coefficient (Wildman–Crippen LogP) is 18.7. The van der Waals surface area contributed by atoms with Crippen molar-refractivity contribution in [2.24, 2.45) is 9.98 Å². The Bertz CT molecular complexity index is 4060. The van der Waals surface area contributed by atoms with Crippen molar-refractivity contribution in [3.63, 3.8) is 0 Å². The largest absolute Gasteiger partial charge is 0.507 e. The number of carboxylic acid groups (broad SMARTS) is 1. The van der Waals surface area contributed by atoms with Gasteiger partial charge in [0.05, 0.1) is 0 Å². The minimum absolute atomic E-state index is 0. The monoisotopic (exact) mass is 1100 g/mol. The van der Waals surface area contributed by atoms with E-state index in [1.807, 2.05) is 61.0 Å². The van der Waals surface area contributed by atoms with Crippen LogP contribution < -0.4 is 0 Å². The molecule has 81 heavy (non-hydrogen) atoms. The summed E-state index contributed by atoms with van der Waals surface area (Å²) in [4.78, 5) is 20.2. The van der Waals surface area contributed by atoms with Crippen molar-refractivity contribution in [1.82, 2.24) is 0 Å². The Morgan fingerprint density at radius 3 is 1.02 bits per heavy atom. The molecule has 12 aromatic carbocycles. The summed E-state index contributed by atoms with van der Waals surface area (Å²) in [5, 5.41) is 41.5. The molecule has 0 amide bonds. The van der Waals surface area contributed by atoms with E-state index in [4.69, 9.17) is 19.9 Å². The summed E-state index contributed by atoms with van der Waals surface area (Å²) < 4.78 is 0. The van der Waals surface area contributed by atoms with Crippen molar-refractivity contribution < 1.29 is 37.2 Å². The molecule has 2 atom stereocenters. The van der Waals surface area contributed by atoms with Crippen LogP contribution in [0.2, 0.25) is 0 Å². The second-order valence-electron chi connectivity index (χ2n) is 20.8. The number of hydrogen-bond acceptors (Lipinski definition) is 5. The molecule has 0 bridgehead atoms. The zero-order valence-electron chi connectivity index (χ0n) is 45.8. The molecule has 3 N–H and O–H groups in total. The Kier molecular flexibility index (Phi) is 16.2. The zero-order valence-corrected chi connectivity index (χ0v) is 47.0. The van der Waals surface area contributed by atoms with Gasteiger partial charge in [0.15, 0.2) is 0 Å². The molecule has 7 heteroatoms. The van der Waals surface area contributed by atoms with E-state index in [2.05, 4.69) is 210 Å². The summed E-state index contributed by atoms with van der Waals surface area (Å²) in [6.45, 7) is 9.56. The van der Waals surface area contributed by atoms with Crippen molar-refractivity contribution in [2.45, 2.75) is 46.7 Å². The van der Waals surface area contributed by atoms with E-state index in [1.165, 1.54) is 0 Å². The first-order valence-corrected chi connectivity index (χ1v) is 27.0. The molecule has 1 radical (unpaired) electrons. The number of hydrogen-bond donors (Lipinski definition) is 3. The summed E-state index contributed by atoms with van der Waals surface area (Å²) in [6.07, 6.45) is 3.70. The number of aromatic hydroxyl groups is 2. The normalized spacial score (nSPS) is 12.2. The first-order chi connectivity index (χ1) is 38.9. The number of benzene rings is 12. The molecule has 0 heterocycles. The van der Waals surface area contributed by atoms with Gasteiger partial charge in [0.25, 0.3) is 5.97 Å². The minimum Gasteiger partial charge on any atom is -0.507 e. The molecule has 0 spiro atoms. The van der Waals surface area contributed by atoms with E-state index >= 15 is 0 Å². The standard InChI is InChI=1S/C72H56N2O2.C2H4O2.Mn/c1-45-35-46(2)38-55(37-45)69(73-43-57-41-53-25-13-17-29-61(53)67(71(57)75)65-59-27-15-11-23-51(59)31-33-63(65)49-19-7-5-8-20-49)70(56-39-47(3)36-48(4)40-56)74-44-58-42-54-26-14-18-30-62(54)68(72(58)76)66-60-28-16-12-24-52(60)32-34-64(66)50-21-9-6-10-22-50;1-2(3)4;/h5-44,69-70,75-76H,1-4H3;1H3,(H,3,4);/t69-,70-;;/m0../s1. The number of phenolic OH excluding ortho intramolecular Hbond substituents is 2. The summed E-state index contributed by atoms with van der Waals surface area (Å²) >= 11 is 0. The van der Waals surface area contributed by atoms with Crippen molar-refractivity contribution in [1.29, 1.82) is 0 Å². The van der Waals surface area contributed by atoms with Gasteiger partial charge < -0.3 is 15.3 Å². The molecule has 12 aromatic rings. The number of carboxylic acids is 1. The number of phenols is 2. The predicted molar refractivity (Wildman–Crippen MR) is 334 cm³/mol. The van der Waals surface area contributed by atoms with Gasteiger partial charge in [-0.15, -0.1) is 0 Å². The summed E-state index contributed by atoms with van der Waals surface area (Å²) in [5.74, 6) is -0.530. The smallest absolute Gasteiger partial charge is 0.300 e. The molecule has 0 aliphatic heterocycles. The molecular formula is C74H60MnN2O4. The van der Waals surface area contributed by atoms with Crippen LogP contribution in [0.3, 0.4) is 0 Å². The molecular weight excluding hydrogens is 1040 g/mol. The average Bonchev–Trinajstić information content (AvgIpc) is 3.56. The first-order valence-electron chi connectivity index (χ1n) is 27.0. The second kappa shape index (κ2) is 23.9. The summed E-state index contributed by atoms with van der Waals surface area (Å²) in [7, 11) is 0. The number of fused-ring (bicyclic) bond motifs is 4. The Labute approximate surface area is 483 Å². The van der Waals surface area contributed by atoms with Gasteiger partial charge in [0.2, 0.25) is 0 Å². The first kappa shape index (κ1) is 54.9. The van der Waals surface area contributed by atoms with Gasteiger partial charge >= 0.3 is 0 Å². The van der Waals surface area contributed by atoms with E-state index < -0.39 is 18.1 Å². The fourth-order valence-corrected chi connectivity index (χ4v) is 11.6. The van der Waals surface area contributed by atoms with Crippen LogP contribution in [0, 0.1) is 27.7 Å². The van der Waals surface area contributed by atoms with E-state index in [0.717, 1.165) is 128 Å². The van der Waals surface area contributed by atoms with Crippen LogP contribution in [0.25, 0.3) is 87.6 Å². The maximum Gasteiger partial charge on any atom is 0.300 e. The molecule has 6 nitrogen and oxygen atoms in total. The summed E-state index contributed by atoms with van der Waals surface area (Å²) in [6, 6.07) is 79.0. The molecule has 12 rings (SSSR count). The van der Waals surface area contributed by atoms with Gasteiger partial charge in [-0.25, -0.2) is 0 Å². The molecule has 0 saturated carbocycles. The van der Waals surface area contributed by atoms with Crippen molar-refractivity contribution in [3.05, 3.63) is 275 Å². The van der Waals surface area contributed by atoms with E-state index in [9.17, 15) is 10.2 Å². The van der Waals surface area contributed by atoms with Crippen LogP contribution in [-0.4, -0.2) is 33.7 Å². The fourth-order valence-electron chi connectivity index (χ4n) is 11.6. The molecule has 397 valence electrons. The maximum atomic E-state index is 13.0. The molecule has 0 saturated heterocycles. The van der Waals surface area contributed by atoms with Gasteiger partial charge in [0, 0.05) is 69.8 Å². The fraction of sp³-hybridized carbons (Fsp3) is 0.0946. The molecule has 0 aliphatic rings. The number of nitrogens with zero attached hydrogens (tertiary/aromatic N) is 2. The van der Waals surface area contributed by atoms with E-state index in [-0.39, 0.29) is 28.6 Å². The maximum absolute atomic E-state index is 13.0. The Morgan fingerprint density at radius 1 is 0.383 bits per heavy atom. The average molecular weight is 1100 g/mol. The third-order valence-electron chi connectivity index (χ3n) is 14.8. The molecule has 0 aliphatic carbocycles. The van der Waals surface area contributed by atoms with Crippen LogP contribution in [0.15, 0.2) is 241 Å². The number of aliphatic imine (C=N–C) groups is 2. The van der Waals surface area contributed by atoms with Crippen molar-refractivity contribution >= 4 is 61.5 Å². The van der Waals surface area contributed by atoms with Crippen molar-refractivity contribution in [2.75, 3.05) is 0 Å². The number of rotatable bonds is 11. The van der Waals surface area contributed by atoms with Gasteiger partial charge in [-0.05, 0) is 116 Å². The van der Waals surface area contributed by atoms with E-state index in [0.29, 0.717) is 11.1 Å². The van der Waals surface area contributed by atoms with Gasteiger partial charge in [-0.2, -0.15) is 0 Å². The second-order valence-corrected chi connectivity index (χ2v) is 20.8. The molecule has 0 aromatic heterocycles. The molecule has 0 unspecified atom stereocenters. The van der Waals surface area contributed by atoms with Crippen LogP contribution in [0.4, 0.5) is 0 Å². The minimum atomic E-state index is -0.833. The van der Waals surface area contributed by atoms with Crippen LogP contribution in [-0.2, 0) is 21.9 Å². The Hall–Kier alpha value is -9.39. The number of aliphatic carboxylic acids is 1. The van der Waals surface area contributed by atoms with Crippen LogP contribution in [0.1, 0.15) is 63.5 Å². The van der Waals surface area contributed by atoms with Crippen molar-refractivity contribution in [3.8, 4) is 56.0 Å². The van der Waals surface area contributed by atoms with Gasteiger partial charge in [0.1, 0.15) is 23.6 Å².